The van der Waals surface area contributed by atoms with Crippen LogP contribution in [-0.4, -0.2) is 21.7 Å². The summed E-state index contributed by atoms with van der Waals surface area (Å²) in [6, 6.07) is 6.29. The summed E-state index contributed by atoms with van der Waals surface area (Å²) in [6.07, 6.45) is 3.37. The number of para-hydroxylation sites is 1. The van der Waals surface area contributed by atoms with E-state index in [0.29, 0.717) is 24.2 Å². The second-order valence-corrected chi connectivity index (χ2v) is 5.15. The van der Waals surface area contributed by atoms with Gasteiger partial charge in [0.25, 0.3) is 0 Å². The number of aryl methyl sites for hydroxylation is 1. The lowest BCUT2D eigenvalue weighted by Crippen LogP contribution is -2.07. The molecule has 1 heterocycles. The molecule has 0 aliphatic heterocycles. The summed E-state index contributed by atoms with van der Waals surface area (Å²) in [4.78, 5) is 4.40. The van der Waals surface area contributed by atoms with Crippen LogP contribution in [-0.2, 0) is 0 Å². The fraction of sp³-hybridized carbons (Fsp3) is 0.312. The van der Waals surface area contributed by atoms with Crippen molar-refractivity contribution in [2.45, 2.75) is 26.7 Å². The average molecular weight is 283 g/mol. The Labute approximate surface area is 125 Å². The number of aromatic nitrogens is 3. The van der Waals surface area contributed by atoms with Gasteiger partial charge in [0.1, 0.15) is 0 Å². The fourth-order valence-electron chi connectivity index (χ4n) is 2.07. The number of hydrogen-bond donors (Lipinski definition) is 2. The maximum Gasteiger partial charge on any atom is 0.244 e. The lowest BCUT2D eigenvalue weighted by atomic mass is 9.98. The van der Waals surface area contributed by atoms with Crippen molar-refractivity contribution in [3.05, 3.63) is 48.2 Å². The molecular formula is C16H21N5. The van der Waals surface area contributed by atoms with Crippen LogP contribution in [0.3, 0.4) is 0 Å². The van der Waals surface area contributed by atoms with Crippen LogP contribution in [0.2, 0.25) is 0 Å². The molecule has 0 aliphatic rings. The highest BCUT2D eigenvalue weighted by atomic mass is 15.3. The Morgan fingerprint density at radius 3 is 2.86 bits per heavy atom. The minimum Gasteiger partial charge on any atom is -0.349 e. The second-order valence-electron chi connectivity index (χ2n) is 5.15. The predicted molar refractivity (Wildman–Crippen MR) is 87.1 cm³/mol. The zero-order chi connectivity index (χ0) is 15.2. The Hall–Kier alpha value is -2.43. The smallest absolute Gasteiger partial charge is 0.244 e. The van der Waals surface area contributed by atoms with Crippen LogP contribution in [0, 0.1) is 6.92 Å². The van der Waals surface area contributed by atoms with Crippen molar-refractivity contribution >= 4 is 17.5 Å². The lowest BCUT2D eigenvalue weighted by molar-refractivity contribution is 0.866. The maximum atomic E-state index is 4.40. The third kappa shape index (κ3) is 3.78. The molecule has 0 saturated heterocycles. The van der Waals surface area contributed by atoms with E-state index in [2.05, 4.69) is 71.4 Å². The third-order valence-electron chi connectivity index (χ3n) is 3.14. The SMILES string of the molecule is C=CCNc1nncc(Nc2c(C)cccc2C(C)C)n1. The van der Waals surface area contributed by atoms with Gasteiger partial charge >= 0.3 is 0 Å². The van der Waals surface area contributed by atoms with Crippen molar-refractivity contribution in [3.8, 4) is 0 Å². The van der Waals surface area contributed by atoms with Gasteiger partial charge in [-0.3, -0.25) is 0 Å². The molecule has 21 heavy (non-hydrogen) atoms. The molecule has 5 heteroatoms. The topological polar surface area (TPSA) is 62.7 Å². The summed E-state index contributed by atoms with van der Waals surface area (Å²) in [5, 5.41) is 14.3. The first kappa shape index (κ1) is 15.0. The van der Waals surface area contributed by atoms with Crippen LogP contribution in [0.25, 0.3) is 0 Å². The Bertz CT molecular complexity index is 622. The Morgan fingerprint density at radius 1 is 1.33 bits per heavy atom. The van der Waals surface area contributed by atoms with Gasteiger partial charge in [0.2, 0.25) is 5.95 Å². The molecule has 1 aromatic carbocycles. The molecule has 110 valence electrons. The number of rotatable bonds is 6. The zero-order valence-electron chi connectivity index (χ0n) is 12.7. The van der Waals surface area contributed by atoms with Gasteiger partial charge in [0.15, 0.2) is 5.82 Å². The van der Waals surface area contributed by atoms with E-state index in [4.69, 9.17) is 0 Å². The van der Waals surface area contributed by atoms with Gasteiger partial charge in [-0.1, -0.05) is 38.1 Å². The van der Waals surface area contributed by atoms with E-state index in [1.54, 1.807) is 12.3 Å². The molecule has 2 aromatic rings. The predicted octanol–water partition coefficient (Wildman–Crippen LogP) is 3.64. The standard InChI is InChI=1S/C16H21N5/c1-5-9-17-16-20-14(10-18-21-16)19-15-12(4)7-6-8-13(15)11(2)3/h5-8,10-11H,1,9H2,2-4H3,(H2,17,19,20,21). The molecule has 2 rings (SSSR count). The third-order valence-corrected chi connectivity index (χ3v) is 3.14. The van der Waals surface area contributed by atoms with Crippen LogP contribution in [0.5, 0.6) is 0 Å². The van der Waals surface area contributed by atoms with Gasteiger partial charge in [-0.05, 0) is 24.0 Å². The number of benzene rings is 1. The Kier molecular flexibility index (Phi) is 4.87. The molecule has 0 bridgehead atoms. The van der Waals surface area contributed by atoms with Crippen LogP contribution in [0.1, 0.15) is 30.9 Å². The van der Waals surface area contributed by atoms with Gasteiger partial charge < -0.3 is 10.6 Å². The minimum atomic E-state index is 0.431. The zero-order valence-corrected chi connectivity index (χ0v) is 12.7. The number of anilines is 3. The molecule has 0 atom stereocenters. The summed E-state index contributed by atoms with van der Waals surface area (Å²) >= 11 is 0. The van der Waals surface area contributed by atoms with E-state index in [1.807, 2.05) is 0 Å². The van der Waals surface area contributed by atoms with Crippen molar-refractivity contribution in [1.82, 2.24) is 15.2 Å². The minimum absolute atomic E-state index is 0.431. The molecule has 1 aromatic heterocycles. The van der Waals surface area contributed by atoms with Crippen molar-refractivity contribution in [2.24, 2.45) is 0 Å². The van der Waals surface area contributed by atoms with Crippen molar-refractivity contribution in [3.63, 3.8) is 0 Å². The average Bonchev–Trinajstić information content (AvgIpc) is 2.47. The van der Waals surface area contributed by atoms with E-state index in [9.17, 15) is 0 Å². The van der Waals surface area contributed by atoms with E-state index in [-0.39, 0.29) is 0 Å². The van der Waals surface area contributed by atoms with Crippen LogP contribution >= 0.6 is 0 Å². The van der Waals surface area contributed by atoms with E-state index < -0.39 is 0 Å². The molecule has 2 N–H and O–H groups in total. The highest BCUT2D eigenvalue weighted by Gasteiger charge is 2.10. The van der Waals surface area contributed by atoms with E-state index >= 15 is 0 Å². The van der Waals surface area contributed by atoms with Gasteiger partial charge in [-0.15, -0.1) is 11.7 Å². The Balaban J connectivity index is 2.28. The summed E-state index contributed by atoms with van der Waals surface area (Å²) in [5.74, 6) is 1.59. The number of nitrogens with zero attached hydrogens (tertiary/aromatic N) is 3. The highest BCUT2D eigenvalue weighted by molar-refractivity contribution is 5.65. The first-order valence-electron chi connectivity index (χ1n) is 7.03. The molecule has 0 radical (unpaired) electrons. The lowest BCUT2D eigenvalue weighted by Gasteiger charge is -2.16. The van der Waals surface area contributed by atoms with E-state index in [1.165, 1.54) is 11.1 Å². The highest BCUT2D eigenvalue weighted by Crippen LogP contribution is 2.29. The summed E-state index contributed by atoms with van der Waals surface area (Å²) < 4.78 is 0. The Morgan fingerprint density at radius 2 is 2.14 bits per heavy atom. The van der Waals surface area contributed by atoms with Crippen molar-refractivity contribution in [2.75, 3.05) is 17.2 Å². The van der Waals surface area contributed by atoms with Gasteiger partial charge in [-0.2, -0.15) is 10.1 Å². The number of hydrogen-bond acceptors (Lipinski definition) is 5. The van der Waals surface area contributed by atoms with Crippen LogP contribution in [0.15, 0.2) is 37.1 Å². The largest absolute Gasteiger partial charge is 0.349 e. The van der Waals surface area contributed by atoms with Gasteiger partial charge in [0, 0.05) is 12.2 Å². The van der Waals surface area contributed by atoms with Crippen molar-refractivity contribution < 1.29 is 0 Å². The van der Waals surface area contributed by atoms with Crippen molar-refractivity contribution in [1.29, 1.82) is 0 Å². The molecule has 0 aliphatic carbocycles. The fourth-order valence-corrected chi connectivity index (χ4v) is 2.07. The molecule has 0 fully saturated rings. The summed E-state index contributed by atoms with van der Waals surface area (Å²) in [5.41, 5.74) is 3.53. The molecule has 0 unspecified atom stereocenters. The molecule has 0 amide bonds. The van der Waals surface area contributed by atoms with E-state index in [0.717, 1.165) is 5.69 Å². The van der Waals surface area contributed by atoms with Crippen LogP contribution in [0.4, 0.5) is 17.5 Å². The van der Waals surface area contributed by atoms with Gasteiger partial charge in [0.05, 0.1) is 6.20 Å². The first-order valence-corrected chi connectivity index (χ1v) is 7.03. The summed E-state index contributed by atoms with van der Waals surface area (Å²) in [6.45, 7) is 10.7. The summed E-state index contributed by atoms with van der Waals surface area (Å²) in [7, 11) is 0. The molecule has 0 spiro atoms. The molecule has 0 saturated carbocycles. The molecular weight excluding hydrogens is 262 g/mol. The van der Waals surface area contributed by atoms with Gasteiger partial charge in [-0.25, -0.2) is 0 Å². The monoisotopic (exact) mass is 283 g/mol. The quantitative estimate of drug-likeness (QED) is 0.792. The van der Waals surface area contributed by atoms with Crippen LogP contribution < -0.4 is 10.6 Å². The molecule has 5 nitrogen and oxygen atoms in total. The first-order chi connectivity index (χ1) is 10.1. The second kappa shape index (κ2) is 6.83. The normalized spacial score (nSPS) is 10.5. The maximum absolute atomic E-state index is 4.40. The number of nitrogens with one attached hydrogen (secondary N) is 2.